The predicted molar refractivity (Wildman–Crippen MR) is 87.0 cm³/mol. The first kappa shape index (κ1) is 16.3. The van der Waals surface area contributed by atoms with Gasteiger partial charge in [0.15, 0.2) is 6.29 Å². The maximum atomic E-state index is 12.9. The second kappa shape index (κ2) is 7.00. The van der Waals surface area contributed by atoms with Gasteiger partial charge in [0.25, 0.3) is 0 Å². The molecule has 0 aromatic rings. The molecule has 1 saturated carbocycles. The minimum Gasteiger partial charge on any atom is -0.350 e. The van der Waals surface area contributed by atoms with Gasteiger partial charge in [0.05, 0.1) is 19.1 Å². The fraction of sp³-hybridized carbons (Fsp3) is 0.889. The second-order valence-corrected chi connectivity index (χ2v) is 7.67. The maximum Gasteiger partial charge on any atom is 0.227 e. The normalized spacial score (nSPS) is 29.9. The lowest BCUT2D eigenvalue weighted by Crippen LogP contribution is -2.49. The molecule has 2 amide bonds. The van der Waals surface area contributed by atoms with E-state index in [9.17, 15) is 9.59 Å². The summed E-state index contributed by atoms with van der Waals surface area (Å²) in [6.07, 6.45) is 5.78. The molecule has 3 aliphatic heterocycles. The molecule has 0 aromatic carbocycles. The monoisotopic (exact) mass is 336 g/mol. The van der Waals surface area contributed by atoms with E-state index in [2.05, 4.69) is 0 Å². The molecular weight excluding hydrogens is 308 g/mol. The number of piperidine rings is 2. The number of amides is 2. The molecule has 4 fully saturated rings. The molecule has 24 heavy (non-hydrogen) atoms. The van der Waals surface area contributed by atoms with Gasteiger partial charge in [0, 0.05) is 38.0 Å². The topological polar surface area (TPSA) is 59.1 Å². The van der Waals surface area contributed by atoms with E-state index >= 15 is 0 Å². The van der Waals surface area contributed by atoms with Crippen LogP contribution >= 0.6 is 0 Å². The molecule has 0 bridgehead atoms. The molecule has 1 atom stereocenters. The summed E-state index contributed by atoms with van der Waals surface area (Å²) in [5.41, 5.74) is 0. The van der Waals surface area contributed by atoms with Crippen LogP contribution in [0.2, 0.25) is 0 Å². The highest BCUT2D eigenvalue weighted by Gasteiger charge is 2.38. The standard InChI is InChI=1S/C18H28N2O4/c21-16(13-3-4-13)20-7-1-2-15(12-20)17(22)19-8-5-14(6-9-19)18-23-10-11-24-18/h13-15,18H,1-12H2. The van der Waals surface area contributed by atoms with Crippen molar-refractivity contribution in [1.29, 1.82) is 0 Å². The van der Waals surface area contributed by atoms with Crippen LogP contribution in [0.1, 0.15) is 38.5 Å². The summed E-state index contributed by atoms with van der Waals surface area (Å²) in [6.45, 7) is 4.42. The summed E-state index contributed by atoms with van der Waals surface area (Å²) in [4.78, 5) is 29.1. The van der Waals surface area contributed by atoms with Crippen LogP contribution in [-0.2, 0) is 19.1 Å². The Balaban J connectivity index is 1.28. The third kappa shape index (κ3) is 3.45. The van der Waals surface area contributed by atoms with Crippen LogP contribution in [0.15, 0.2) is 0 Å². The lowest BCUT2D eigenvalue weighted by Gasteiger charge is -2.38. The highest BCUT2D eigenvalue weighted by molar-refractivity contribution is 5.83. The van der Waals surface area contributed by atoms with Gasteiger partial charge in [-0.1, -0.05) is 0 Å². The van der Waals surface area contributed by atoms with Gasteiger partial charge >= 0.3 is 0 Å². The van der Waals surface area contributed by atoms with E-state index in [1.807, 2.05) is 9.80 Å². The zero-order chi connectivity index (χ0) is 16.5. The molecule has 1 aliphatic carbocycles. The molecule has 3 heterocycles. The number of likely N-dealkylation sites (tertiary alicyclic amines) is 2. The number of carbonyl (C=O) groups is 2. The van der Waals surface area contributed by atoms with Crippen LogP contribution in [-0.4, -0.2) is 67.3 Å². The van der Waals surface area contributed by atoms with Crippen molar-refractivity contribution >= 4 is 11.8 Å². The van der Waals surface area contributed by atoms with Crippen molar-refractivity contribution in [2.24, 2.45) is 17.8 Å². The zero-order valence-electron chi connectivity index (χ0n) is 14.3. The average Bonchev–Trinajstić information content (AvgIpc) is 3.35. The van der Waals surface area contributed by atoms with Crippen LogP contribution in [0.5, 0.6) is 0 Å². The van der Waals surface area contributed by atoms with E-state index in [1.165, 1.54) is 0 Å². The number of rotatable bonds is 3. The molecule has 0 spiro atoms. The molecule has 4 rings (SSSR count). The van der Waals surface area contributed by atoms with Gasteiger partial charge in [-0.15, -0.1) is 0 Å². The third-order valence-corrected chi connectivity index (χ3v) is 5.89. The van der Waals surface area contributed by atoms with Gasteiger partial charge in [-0.2, -0.15) is 0 Å². The smallest absolute Gasteiger partial charge is 0.227 e. The molecule has 1 unspecified atom stereocenters. The summed E-state index contributed by atoms with van der Waals surface area (Å²) >= 11 is 0. The summed E-state index contributed by atoms with van der Waals surface area (Å²) in [5.74, 6) is 1.19. The Morgan fingerprint density at radius 1 is 0.750 bits per heavy atom. The lowest BCUT2D eigenvalue weighted by molar-refractivity contribution is -0.145. The number of hydrogen-bond acceptors (Lipinski definition) is 4. The number of carbonyl (C=O) groups excluding carboxylic acids is 2. The molecular formula is C18H28N2O4. The number of nitrogens with zero attached hydrogens (tertiary/aromatic N) is 2. The van der Waals surface area contributed by atoms with Crippen molar-refractivity contribution in [3.05, 3.63) is 0 Å². The fourth-order valence-electron chi connectivity index (χ4n) is 4.27. The average molecular weight is 336 g/mol. The molecule has 0 aromatic heterocycles. The van der Waals surface area contributed by atoms with Gasteiger partial charge in [0.1, 0.15) is 0 Å². The summed E-state index contributed by atoms with van der Waals surface area (Å²) in [5, 5.41) is 0. The lowest BCUT2D eigenvalue weighted by atomic mass is 9.92. The summed E-state index contributed by atoms with van der Waals surface area (Å²) < 4.78 is 11.2. The first-order chi connectivity index (χ1) is 11.7. The first-order valence-corrected chi connectivity index (χ1v) is 9.53. The first-order valence-electron chi connectivity index (χ1n) is 9.53. The van der Waals surface area contributed by atoms with E-state index in [4.69, 9.17) is 9.47 Å². The molecule has 0 radical (unpaired) electrons. The van der Waals surface area contributed by atoms with Crippen LogP contribution in [0.25, 0.3) is 0 Å². The minimum atomic E-state index is -0.0661. The van der Waals surface area contributed by atoms with Crippen molar-refractivity contribution in [2.75, 3.05) is 39.4 Å². The molecule has 3 saturated heterocycles. The van der Waals surface area contributed by atoms with Crippen molar-refractivity contribution in [1.82, 2.24) is 9.80 Å². The molecule has 134 valence electrons. The molecule has 4 aliphatic rings. The Morgan fingerprint density at radius 2 is 1.42 bits per heavy atom. The van der Waals surface area contributed by atoms with Crippen LogP contribution < -0.4 is 0 Å². The SMILES string of the molecule is O=C(C1CCCN(C(=O)C2CC2)C1)N1CCC(C2OCCO2)CC1. The largest absolute Gasteiger partial charge is 0.350 e. The summed E-state index contributed by atoms with van der Waals surface area (Å²) in [7, 11) is 0. The fourth-order valence-corrected chi connectivity index (χ4v) is 4.27. The Hall–Kier alpha value is -1.14. The Labute approximate surface area is 143 Å². The molecule has 0 N–H and O–H groups in total. The van der Waals surface area contributed by atoms with E-state index in [1.54, 1.807) is 0 Å². The van der Waals surface area contributed by atoms with Gasteiger partial charge in [-0.3, -0.25) is 9.59 Å². The van der Waals surface area contributed by atoms with Crippen molar-refractivity contribution in [3.8, 4) is 0 Å². The van der Waals surface area contributed by atoms with E-state index in [0.717, 1.165) is 58.2 Å². The van der Waals surface area contributed by atoms with Gasteiger partial charge in [-0.05, 0) is 38.5 Å². The van der Waals surface area contributed by atoms with Crippen LogP contribution in [0.3, 0.4) is 0 Å². The third-order valence-electron chi connectivity index (χ3n) is 5.89. The van der Waals surface area contributed by atoms with Gasteiger partial charge in [-0.25, -0.2) is 0 Å². The van der Waals surface area contributed by atoms with Gasteiger partial charge in [0.2, 0.25) is 11.8 Å². The molecule has 6 nitrogen and oxygen atoms in total. The van der Waals surface area contributed by atoms with E-state index in [-0.39, 0.29) is 29.9 Å². The second-order valence-electron chi connectivity index (χ2n) is 7.67. The maximum absolute atomic E-state index is 12.9. The number of hydrogen-bond donors (Lipinski definition) is 0. The Kier molecular flexibility index (Phi) is 4.77. The number of ether oxygens (including phenoxy) is 2. The van der Waals surface area contributed by atoms with Crippen molar-refractivity contribution < 1.29 is 19.1 Å². The van der Waals surface area contributed by atoms with E-state index in [0.29, 0.717) is 25.7 Å². The minimum absolute atomic E-state index is 0.00280. The Bertz CT molecular complexity index is 479. The van der Waals surface area contributed by atoms with Crippen molar-refractivity contribution in [2.45, 2.75) is 44.8 Å². The van der Waals surface area contributed by atoms with Crippen molar-refractivity contribution in [3.63, 3.8) is 0 Å². The highest BCUT2D eigenvalue weighted by atomic mass is 16.7. The quantitative estimate of drug-likeness (QED) is 0.778. The van der Waals surface area contributed by atoms with Gasteiger partial charge < -0.3 is 19.3 Å². The van der Waals surface area contributed by atoms with Crippen LogP contribution in [0, 0.1) is 17.8 Å². The van der Waals surface area contributed by atoms with E-state index < -0.39 is 0 Å². The predicted octanol–water partition coefficient (Wildman–Crippen LogP) is 1.25. The summed E-state index contributed by atoms with van der Waals surface area (Å²) in [6, 6.07) is 0. The highest BCUT2D eigenvalue weighted by Crippen LogP contribution is 2.33. The van der Waals surface area contributed by atoms with Crippen LogP contribution in [0.4, 0.5) is 0 Å². The Morgan fingerprint density at radius 3 is 2.08 bits per heavy atom. The molecule has 6 heteroatoms. The zero-order valence-corrected chi connectivity index (χ0v) is 14.3.